The summed E-state index contributed by atoms with van der Waals surface area (Å²) in [6.07, 6.45) is 2.15. The maximum absolute atomic E-state index is 14.3. The summed E-state index contributed by atoms with van der Waals surface area (Å²) < 4.78 is 0. The quantitative estimate of drug-likeness (QED) is 0.0444. The molecule has 0 aliphatic carbocycles. The molecule has 1 aromatic carbocycles. The average Bonchev–Trinajstić information content (AvgIpc) is 3.17. The predicted molar refractivity (Wildman–Crippen MR) is 228 cm³/mol. The minimum atomic E-state index is -1.64. The molecular weight excluding hydrogens is 807 g/mol. The molecule has 10 N–H and O–H groups in total. The summed E-state index contributed by atoms with van der Waals surface area (Å²) in [6, 6.07) is -1.56. The summed E-state index contributed by atoms with van der Waals surface area (Å²) in [5, 5.41) is 34.0. The number of Topliss-reactive ketones (excluding diaryl/α,β-unsaturated/α-hetero) is 1. The van der Waals surface area contributed by atoms with Crippen molar-refractivity contribution in [3.63, 3.8) is 0 Å². The minimum absolute atomic E-state index is 0.107. The van der Waals surface area contributed by atoms with Crippen LogP contribution in [0.25, 0.3) is 0 Å². The zero-order valence-corrected chi connectivity index (χ0v) is 36.9. The van der Waals surface area contributed by atoms with Crippen molar-refractivity contribution in [3.8, 4) is 0 Å². The van der Waals surface area contributed by atoms with Gasteiger partial charge in [-0.3, -0.25) is 47.9 Å². The van der Waals surface area contributed by atoms with Gasteiger partial charge in [-0.05, 0) is 55.6 Å². The summed E-state index contributed by atoms with van der Waals surface area (Å²) in [6.45, 7) is 13.8. The lowest BCUT2D eigenvalue weighted by atomic mass is 9.85. The molecule has 0 saturated carbocycles. The number of carbonyl (C=O) groups excluding carboxylic acids is 8. The lowest BCUT2D eigenvalue weighted by Gasteiger charge is -2.34. The first-order valence-electron chi connectivity index (χ1n) is 20.7. The van der Waals surface area contributed by atoms with E-state index >= 15 is 0 Å². The maximum Gasteiger partial charge on any atom is 0.305 e. The fourth-order valence-corrected chi connectivity index (χ4v) is 6.21. The number of benzene rings is 1. The highest BCUT2D eigenvalue weighted by Gasteiger charge is 2.39. The Bertz CT molecular complexity index is 1810. The summed E-state index contributed by atoms with van der Waals surface area (Å²) in [5.74, 6) is -10.3. The van der Waals surface area contributed by atoms with Crippen molar-refractivity contribution < 1.29 is 58.2 Å². The first kappa shape index (κ1) is 53.9. The van der Waals surface area contributed by atoms with Crippen LogP contribution in [0.1, 0.15) is 111 Å². The van der Waals surface area contributed by atoms with Crippen molar-refractivity contribution in [2.45, 2.75) is 149 Å². The number of hydrogen-bond acceptors (Lipinski definition) is 10. The van der Waals surface area contributed by atoms with E-state index in [0.29, 0.717) is 18.4 Å². The molecule has 0 saturated heterocycles. The molecule has 62 heavy (non-hydrogen) atoms. The summed E-state index contributed by atoms with van der Waals surface area (Å²) in [5.41, 5.74) is 5.56. The summed E-state index contributed by atoms with van der Waals surface area (Å²) >= 11 is 0. The third kappa shape index (κ3) is 19.5. The van der Waals surface area contributed by atoms with E-state index in [1.165, 1.54) is 6.08 Å². The maximum atomic E-state index is 14.3. The zero-order valence-electron chi connectivity index (χ0n) is 36.9. The Balaban J connectivity index is 3.59. The lowest BCUT2D eigenvalue weighted by molar-refractivity contribution is -0.141. The Kier molecular flexibility index (Phi) is 22.8. The molecule has 0 radical (unpaired) electrons. The SMILES string of the molecule is C/C=C/CC(=O)N[C@@H](CC(=O)O)C(=O)N[C@@H](CCC(=O)O)C(=O)N[C@@H](Cc1ccccc1C)C(=O)N[C@H](C(=O)N[C@@H](CC(C)C)C(=O)NC(CCCC)C(=O)C(N)=O)C(C)(C)C. The molecule has 19 nitrogen and oxygen atoms in total. The van der Waals surface area contributed by atoms with Gasteiger partial charge in [-0.25, -0.2) is 0 Å². The van der Waals surface area contributed by atoms with Gasteiger partial charge >= 0.3 is 11.9 Å². The minimum Gasteiger partial charge on any atom is -0.481 e. The molecule has 0 aliphatic heterocycles. The summed E-state index contributed by atoms with van der Waals surface area (Å²) in [7, 11) is 0. The molecule has 1 unspecified atom stereocenters. The number of carboxylic acids is 2. The van der Waals surface area contributed by atoms with E-state index in [9.17, 15) is 58.2 Å². The van der Waals surface area contributed by atoms with E-state index in [0.717, 1.165) is 5.56 Å². The van der Waals surface area contributed by atoms with Gasteiger partial charge in [0.25, 0.3) is 5.91 Å². The number of unbranched alkanes of at least 4 members (excludes halogenated alkanes) is 1. The Morgan fingerprint density at radius 2 is 1.26 bits per heavy atom. The Morgan fingerprint density at radius 1 is 0.710 bits per heavy atom. The van der Waals surface area contributed by atoms with Crippen LogP contribution < -0.4 is 37.6 Å². The van der Waals surface area contributed by atoms with Crippen LogP contribution in [0.3, 0.4) is 0 Å². The lowest BCUT2D eigenvalue weighted by Crippen LogP contribution is -2.62. The summed E-state index contributed by atoms with van der Waals surface area (Å²) in [4.78, 5) is 129. The van der Waals surface area contributed by atoms with E-state index in [4.69, 9.17) is 5.73 Å². The van der Waals surface area contributed by atoms with Gasteiger partial charge in [0.05, 0.1) is 12.5 Å². The number of ketones is 1. The molecule has 19 heteroatoms. The fourth-order valence-electron chi connectivity index (χ4n) is 6.21. The highest BCUT2D eigenvalue weighted by atomic mass is 16.4. The molecule has 344 valence electrons. The second-order valence-corrected chi connectivity index (χ2v) is 16.6. The van der Waals surface area contributed by atoms with Crippen LogP contribution in [0.15, 0.2) is 36.4 Å². The van der Waals surface area contributed by atoms with Crippen LogP contribution in [0, 0.1) is 18.3 Å². The smallest absolute Gasteiger partial charge is 0.305 e. The van der Waals surface area contributed by atoms with Crippen LogP contribution in [0.4, 0.5) is 0 Å². The molecule has 6 atom stereocenters. The number of carbonyl (C=O) groups is 10. The van der Waals surface area contributed by atoms with Gasteiger partial charge in [0.15, 0.2) is 0 Å². The van der Waals surface area contributed by atoms with E-state index < -0.39 is 120 Å². The van der Waals surface area contributed by atoms with Crippen molar-refractivity contribution in [1.82, 2.24) is 31.9 Å². The largest absolute Gasteiger partial charge is 0.481 e. The van der Waals surface area contributed by atoms with Crippen LogP contribution in [0.2, 0.25) is 0 Å². The molecular formula is C43H65N7O12. The van der Waals surface area contributed by atoms with Crippen LogP contribution in [-0.4, -0.2) is 106 Å². The highest BCUT2D eigenvalue weighted by molar-refractivity contribution is 6.37. The number of nitrogens with two attached hydrogens (primary N) is 1. The Morgan fingerprint density at radius 3 is 1.79 bits per heavy atom. The average molecular weight is 872 g/mol. The third-order valence-corrected chi connectivity index (χ3v) is 9.64. The normalized spacial score (nSPS) is 14.3. The van der Waals surface area contributed by atoms with Gasteiger partial charge in [-0.15, -0.1) is 0 Å². The van der Waals surface area contributed by atoms with Gasteiger partial charge < -0.3 is 47.8 Å². The van der Waals surface area contributed by atoms with Crippen LogP contribution in [-0.2, 0) is 54.4 Å². The predicted octanol–water partition coefficient (Wildman–Crippen LogP) is 1.09. The van der Waals surface area contributed by atoms with E-state index in [1.807, 2.05) is 6.92 Å². The molecule has 0 spiro atoms. The number of aliphatic carboxylic acids is 2. The van der Waals surface area contributed by atoms with Gasteiger partial charge in [-0.2, -0.15) is 0 Å². The van der Waals surface area contributed by atoms with E-state index in [2.05, 4.69) is 31.9 Å². The topological polar surface area (TPSA) is 309 Å². The standard InChI is InChI=1S/C43H65N7O12/c1-9-11-17-27(35(56)37(44)57)46-39(59)29(21-24(3)4)49-42(62)36(43(6,7)8)50-41(61)30(22-26-16-14-13-15-25(26)5)48-38(58)28(19-20-33(52)53)47-40(60)31(23-34(54)55)45-32(51)18-12-10-2/h10,12-16,24,27-31,36H,9,11,17-23H2,1-8H3,(H2,44,57)(H,45,51)(H,46,59)(H,47,60)(H,48,58)(H,49,62)(H,50,61)(H,52,53)(H,54,55)/b12-10+/t27?,28-,29-,30-,31-,36+/m0/s1. The molecule has 1 aromatic rings. The number of carboxylic acid groups (broad SMARTS) is 2. The van der Waals surface area contributed by atoms with Crippen molar-refractivity contribution in [2.24, 2.45) is 17.1 Å². The highest BCUT2D eigenvalue weighted by Crippen LogP contribution is 2.21. The van der Waals surface area contributed by atoms with Gasteiger partial charge in [0, 0.05) is 19.3 Å². The number of allylic oxidation sites excluding steroid dienone is 1. The Labute approximate surface area is 362 Å². The van der Waals surface area contributed by atoms with Crippen LogP contribution in [0.5, 0.6) is 0 Å². The number of amides is 7. The number of aryl methyl sites for hydroxylation is 1. The molecule has 0 aromatic heterocycles. The zero-order chi connectivity index (χ0) is 47.3. The van der Waals surface area contributed by atoms with Gasteiger partial charge in [-0.1, -0.05) is 90.8 Å². The number of rotatable bonds is 27. The monoisotopic (exact) mass is 871 g/mol. The van der Waals surface area contributed by atoms with E-state index in [1.54, 1.807) is 78.8 Å². The number of hydrogen-bond donors (Lipinski definition) is 9. The number of primary amides is 1. The Hall–Kier alpha value is -6.14. The van der Waals surface area contributed by atoms with Crippen molar-refractivity contribution in [1.29, 1.82) is 0 Å². The molecule has 0 fully saturated rings. The fraction of sp³-hybridized carbons (Fsp3) is 0.581. The van der Waals surface area contributed by atoms with Crippen molar-refractivity contribution in [3.05, 3.63) is 47.5 Å². The third-order valence-electron chi connectivity index (χ3n) is 9.64. The number of nitrogens with one attached hydrogen (secondary N) is 6. The first-order valence-corrected chi connectivity index (χ1v) is 20.7. The molecule has 0 aliphatic rings. The first-order chi connectivity index (χ1) is 28.9. The molecule has 0 heterocycles. The molecule has 7 amide bonds. The van der Waals surface area contributed by atoms with E-state index in [-0.39, 0.29) is 31.6 Å². The molecule has 0 bridgehead atoms. The van der Waals surface area contributed by atoms with Crippen molar-refractivity contribution >= 4 is 59.1 Å². The molecule has 1 rings (SSSR count). The second kappa shape index (κ2) is 26.3. The van der Waals surface area contributed by atoms with Gasteiger partial charge in [0.1, 0.15) is 30.2 Å². The van der Waals surface area contributed by atoms with Crippen LogP contribution >= 0.6 is 0 Å². The van der Waals surface area contributed by atoms with Gasteiger partial charge in [0.2, 0.25) is 41.2 Å². The second-order valence-electron chi connectivity index (χ2n) is 16.6. The van der Waals surface area contributed by atoms with Crippen molar-refractivity contribution in [2.75, 3.05) is 0 Å².